The Balaban J connectivity index is 1.45. The fraction of sp³-hybridized carbons (Fsp3) is 0.444. The van der Waals surface area contributed by atoms with Crippen molar-refractivity contribution in [2.24, 2.45) is 0 Å². The van der Waals surface area contributed by atoms with E-state index in [1.54, 1.807) is 6.33 Å². The second kappa shape index (κ2) is 6.66. The van der Waals surface area contributed by atoms with E-state index in [-0.39, 0.29) is 18.4 Å². The number of amides is 1. The Bertz CT molecular complexity index is 878. The van der Waals surface area contributed by atoms with Gasteiger partial charge in [-0.15, -0.1) is 10.2 Å². The lowest BCUT2D eigenvalue weighted by Crippen LogP contribution is -2.30. The highest BCUT2D eigenvalue weighted by Gasteiger charge is 2.23. The van der Waals surface area contributed by atoms with Crippen LogP contribution in [0.5, 0.6) is 0 Å². The van der Waals surface area contributed by atoms with E-state index < -0.39 is 0 Å². The minimum absolute atomic E-state index is 0.104. The second-order valence-electron chi connectivity index (χ2n) is 6.63. The van der Waals surface area contributed by atoms with Crippen molar-refractivity contribution in [2.45, 2.75) is 51.1 Å². The summed E-state index contributed by atoms with van der Waals surface area (Å²) in [5.41, 5.74) is 1.34. The Hall–Kier alpha value is -2.70. The van der Waals surface area contributed by atoms with Crippen molar-refractivity contribution < 1.29 is 9.32 Å². The van der Waals surface area contributed by atoms with E-state index in [2.05, 4.69) is 25.2 Å². The molecule has 1 fully saturated rings. The van der Waals surface area contributed by atoms with Gasteiger partial charge in [0.15, 0.2) is 11.4 Å². The minimum Gasteiger partial charge on any atom is -0.356 e. The number of rotatable bonds is 5. The first-order chi connectivity index (χ1) is 12.2. The molecule has 1 aliphatic rings. The van der Waals surface area contributed by atoms with Crippen molar-refractivity contribution in [1.82, 2.24) is 25.2 Å². The van der Waals surface area contributed by atoms with Crippen LogP contribution in [0, 0.1) is 0 Å². The van der Waals surface area contributed by atoms with Crippen LogP contribution in [0.25, 0.3) is 11.0 Å². The Labute approximate surface area is 145 Å². The maximum Gasteiger partial charge on any atom is 0.226 e. The number of benzene rings is 1. The zero-order chi connectivity index (χ0) is 17.2. The Kier molecular flexibility index (Phi) is 4.21. The third-order valence-corrected chi connectivity index (χ3v) is 4.86. The average Bonchev–Trinajstić information content (AvgIpc) is 3.35. The van der Waals surface area contributed by atoms with E-state index >= 15 is 0 Å². The lowest BCUT2D eigenvalue weighted by atomic mass is 10.1. The molecule has 1 aromatic carbocycles. The number of hydrogen-bond donors (Lipinski definition) is 1. The monoisotopic (exact) mass is 339 g/mol. The summed E-state index contributed by atoms with van der Waals surface area (Å²) in [7, 11) is 0. The quantitative estimate of drug-likeness (QED) is 0.772. The van der Waals surface area contributed by atoms with Crippen molar-refractivity contribution in [3.63, 3.8) is 0 Å². The molecule has 2 aromatic heterocycles. The van der Waals surface area contributed by atoms with Crippen molar-refractivity contribution in [3.8, 4) is 0 Å². The topological polar surface area (TPSA) is 85.8 Å². The Morgan fingerprint density at radius 1 is 1.36 bits per heavy atom. The predicted octanol–water partition coefficient (Wildman–Crippen LogP) is 2.95. The fourth-order valence-electron chi connectivity index (χ4n) is 3.60. The highest BCUT2D eigenvalue weighted by molar-refractivity contribution is 5.86. The number of nitrogens with one attached hydrogen (secondary N) is 1. The van der Waals surface area contributed by atoms with Crippen LogP contribution in [0.1, 0.15) is 56.2 Å². The molecule has 0 unspecified atom stereocenters. The van der Waals surface area contributed by atoms with Crippen molar-refractivity contribution in [3.05, 3.63) is 42.1 Å². The van der Waals surface area contributed by atoms with Gasteiger partial charge in [0.1, 0.15) is 12.0 Å². The number of nitrogens with zero attached hydrogens (tertiary/aromatic N) is 4. The third kappa shape index (κ3) is 3.14. The van der Waals surface area contributed by atoms with Crippen molar-refractivity contribution in [1.29, 1.82) is 0 Å². The summed E-state index contributed by atoms with van der Waals surface area (Å²) in [5, 5.41) is 16.2. The molecule has 130 valence electrons. The smallest absolute Gasteiger partial charge is 0.226 e. The van der Waals surface area contributed by atoms with Gasteiger partial charge in [-0.05, 0) is 31.9 Å². The molecule has 7 heteroatoms. The zero-order valence-corrected chi connectivity index (χ0v) is 14.2. The van der Waals surface area contributed by atoms with Crippen molar-refractivity contribution >= 4 is 16.9 Å². The average molecular weight is 339 g/mol. The largest absolute Gasteiger partial charge is 0.356 e. The Morgan fingerprint density at radius 3 is 3.00 bits per heavy atom. The maximum absolute atomic E-state index is 12.4. The van der Waals surface area contributed by atoms with Crippen molar-refractivity contribution in [2.75, 3.05) is 0 Å². The molecule has 0 aliphatic heterocycles. The van der Waals surface area contributed by atoms with E-state index in [9.17, 15) is 4.79 Å². The molecule has 1 aliphatic carbocycles. The van der Waals surface area contributed by atoms with E-state index in [4.69, 9.17) is 4.52 Å². The molecule has 4 rings (SSSR count). The van der Waals surface area contributed by atoms with Crippen LogP contribution in [0.15, 0.2) is 35.1 Å². The van der Waals surface area contributed by atoms with Crippen LogP contribution < -0.4 is 5.32 Å². The number of aromatic nitrogens is 4. The van der Waals surface area contributed by atoms with Gasteiger partial charge in [-0.1, -0.05) is 30.1 Å². The number of para-hydroxylation sites is 1. The lowest BCUT2D eigenvalue weighted by molar-refractivity contribution is -0.121. The number of carbonyl (C=O) groups is 1. The fourth-order valence-corrected chi connectivity index (χ4v) is 3.60. The minimum atomic E-state index is -0.200. The molecule has 7 nitrogen and oxygen atoms in total. The van der Waals surface area contributed by atoms with E-state index in [1.807, 2.05) is 31.2 Å². The lowest BCUT2D eigenvalue weighted by Gasteiger charge is -2.18. The summed E-state index contributed by atoms with van der Waals surface area (Å²) in [6, 6.07) is 7.80. The normalized spacial score (nSPS) is 16.4. The van der Waals surface area contributed by atoms with Crippen LogP contribution in [0.3, 0.4) is 0 Å². The molecule has 25 heavy (non-hydrogen) atoms. The molecular formula is C18H21N5O2. The highest BCUT2D eigenvalue weighted by atomic mass is 16.5. The van der Waals surface area contributed by atoms with Crippen LogP contribution in [-0.4, -0.2) is 25.8 Å². The maximum atomic E-state index is 12.4. The van der Waals surface area contributed by atoms with Crippen LogP contribution in [0.4, 0.5) is 0 Å². The van der Waals surface area contributed by atoms with Gasteiger partial charge < -0.3 is 14.4 Å². The van der Waals surface area contributed by atoms with Gasteiger partial charge in [0.05, 0.1) is 12.5 Å². The van der Waals surface area contributed by atoms with Gasteiger partial charge >= 0.3 is 0 Å². The van der Waals surface area contributed by atoms with Gasteiger partial charge in [0.2, 0.25) is 5.91 Å². The molecule has 1 saturated carbocycles. The van der Waals surface area contributed by atoms with E-state index in [0.29, 0.717) is 17.3 Å². The summed E-state index contributed by atoms with van der Waals surface area (Å²) in [5.74, 6) is 0.706. The zero-order valence-electron chi connectivity index (χ0n) is 14.2. The standard InChI is InChI=1S/C18H21N5O2/c1-12(18-21-19-11-23(18)13-6-2-3-7-13)20-17(24)10-15-14-8-4-5-9-16(14)25-22-15/h4-5,8-9,11-13H,2-3,6-7,10H2,1H3,(H,20,24)/t12-/m0/s1. The molecule has 1 atom stereocenters. The van der Waals surface area contributed by atoms with Gasteiger partial charge in [-0.25, -0.2) is 0 Å². The molecule has 0 saturated heterocycles. The summed E-state index contributed by atoms with van der Waals surface area (Å²) in [4.78, 5) is 12.4. The third-order valence-electron chi connectivity index (χ3n) is 4.86. The van der Waals surface area contributed by atoms with E-state index in [0.717, 1.165) is 24.1 Å². The molecule has 2 heterocycles. The van der Waals surface area contributed by atoms with Crippen LogP contribution in [-0.2, 0) is 11.2 Å². The SMILES string of the molecule is C[C@H](NC(=O)Cc1noc2ccccc12)c1nncn1C1CCCC1. The van der Waals surface area contributed by atoms with Gasteiger partial charge in [-0.3, -0.25) is 4.79 Å². The summed E-state index contributed by atoms with van der Waals surface area (Å²) in [6.07, 6.45) is 6.73. The molecule has 0 spiro atoms. The number of hydrogen-bond acceptors (Lipinski definition) is 5. The Morgan fingerprint density at radius 2 is 2.16 bits per heavy atom. The molecule has 1 amide bonds. The first-order valence-electron chi connectivity index (χ1n) is 8.74. The molecule has 3 aromatic rings. The summed E-state index contributed by atoms with van der Waals surface area (Å²) < 4.78 is 7.37. The highest BCUT2D eigenvalue weighted by Crippen LogP contribution is 2.31. The number of carbonyl (C=O) groups excluding carboxylic acids is 1. The molecule has 1 N–H and O–H groups in total. The number of fused-ring (bicyclic) bond motifs is 1. The molecular weight excluding hydrogens is 318 g/mol. The van der Waals surface area contributed by atoms with Gasteiger partial charge in [-0.2, -0.15) is 0 Å². The molecule has 0 bridgehead atoms. The van der Waals surface area contributed by atoms with Crippen LogP contribution in [0.2, 0.25) is 0 Å². The summed E-state index contributed by atoms with van der Waals surface area (Å²) in [6.45, 7) is 1.94. The van der Waals surface area contributed by atoms with E-state index in [1.165, 1.54) is 12.8 Å². The summed E-state index contributed by atoms with van der Waals surface area (Å²) >= 11 is 0. The van der Waals surface area contributed by atoms with Gasteiger partial charge in [0.25, 0.3) is 0 Å². The van der Waals surface area contributed by atoms with Gasteiger partial charge in [0, 0.05) is 11.4 Å². The first-order valence-corrected chi connectivity index (χ1v) is 8.74. The molecule has 0 radical (unpaired) electrons. The predicted molar refractivity (Wildman–Crippen MR) is 91.8 cm³/mol. The first kappa shape index (κ1) is 15.8. The van der Waals surface area contributed by atoms with Crippen LogP contribution >= 0.6 is 0 Å². The second-order valence-corrected chi connectivity index (χ2v) is 6.63.